The van der Waals surface area contributed by atoms with Crippen molar-refractivity contribution in [3.05, 3.63) is 82.7 Å². The summed E-state index contributed by atoms with van der Waals surface area (Å²) in [6, 6.07) is 16.5. The number of fused-ring (bicyclic) bond motifs is 1. The molecule has 3 amide bonds. The first-order valence-electron chi connectivity index (χ1n) is 11.6. The molecular weight excluding hydrogens is 446 g/mol. The SMILES string of the molecule is Cc1cc(C(=O)CN2C(=O)N[C@](C)(c3ccc4c(c3)OCO4)C2=O)c(C)n1CCc1ccccc1. The van der Waals surface area contributed by atoms with Crippen LogP contribution in [-0.4, -0.2) is 40.5 Å². The molecule has 0 bridgehead atoms. The van der Waals surface area contributed by atoms with Crippen LogP contribution in [0.2, 0.25) is 0 Å². The molecule has 8 nitrogen and oxygen atoms in total. The predicted molar refractivity (Wildman–Crippen MR) is 129 cm³/mol. The first-order chi connectivity index (χ1) is 16.8. The third-order valence-corrected chi connectivity index (χ3v) is 6.87. The van der Waals surface area contributed by atoms with E-state index in [-0.39, 0.29) is 19.1 Å². The quantitative estimate of drug-likeness (QED) is 0.417. The van der Waals surface area contributed by atoms with E-state index < -0.39 is 17.5 Å². The fraction of sp³-hybridized carbons (Fsp3) is 0.296. The summed E-state index contributed by atoms with van der Waals surface area (Å²) in [7, 11) is 0. The summed E-state index contributed by atoms with van der Waals surface area (Å²) >= 11 is 0. The Labute approximate surface area is 203 Å². The Bertz CT molecular complexity index is 1330. The van der Waals surface area contributed by atoms with Gasteiger partial charge in [-0.25, -0.2) is 4.79 Å². The van der Waals surface area contributed by atoms with Crippen molar-refractivity contribution in [2.75, 3.05) is 13.3 Å². The van der Waals surface area contributed by atoms with Gasteiger partial charge in [-0.2, -0.15) is 0 Å². The van der Waals surface area contributed by atoms with Crippen molar-refractivity contribution in [3.8, 4) is 11.5 Å². The number of ketones is 1. The topological polar surface area (TPSA) is 89.9 Å². The number of hydrogen-bond donors (Lipinski definition) is 1. The fourth-order valence-electron chi connectivity index (χ4n) is 4.79. The van der Waals surface area contributed by atoms with Crippen LogP contribution in [0, 0.1) is 13.8 Å². The van der Waals surface area contributed by atoms with Crippen molar-refractivity contribution in [2.45, 2.75) is 39.3 Å². The molecule has 1 fully saturated rings. The summed E-state index contributed by atoms with van der Waals surface area (Å²) in [4.78, 5) is 40.3. The third-order valence-electron chi connectivity index (χ3n) is 6.87. The Hall–Kier alpha value is -4.07. The second kappa shape index (κ2) is 8.61. The Morgan fingerprint density at radius 2 is 1.77 bits per heavy atom. The van der Waals surface area contributed by atoms with Gasteiger partial charge in [0.2, 0.25) is 6.79 Å². The summed E-state index contributed by atoms with van der Waals surface area (Å²) in [5.74, 6) is 0.349. The molecule has 5 rings (SSSR count). The van der Waals surface area contributed by atoms with Crippen LogP contribution in [-0.2, 0) is 23.3 Å². The molecule has 2 aromatic carbocycles. The number of nitrogens with one attached hydrogen (secondary N) is 1. The van der Waals surface area contributed by atoms with E-state index in [1.54, 1.807) is 25.1 Å². The first kappa shape index (κ1) is 22.7. The number of carbonyl (C=O) groups is 3. The van der Waals surface area contributed by atoms with Crippen molar-refractivity contribution in [2.24, 2.45) is 0 Å². The molecule has 1 aromatic heterocycles. The first-order valence-corrected chi connectivity index (χ1v) is 11.6. The zero-order chi connectivity index (χ0) is 24.7. The van der Waals surface area contributed by atoms with E-state index in [1.807, 2.05) is 38.1 Å². The number of Topliss-reactive ketones (excluding diaryl/α,β-unsaturated/α-hetero) is 1. The highest BCUT2D eigenvalue weighted by molar-refractivity contribution is 6.11. The predicted octanol–water partition coefficient (Wildman–Crippen LogP) is 3.73. The summed E-state index contributed by atoms with van der Waals surface area (Å²) < 4.78 is 12.8. The van der Waals surface area contributed by atoms with Gasteiger partial charge in [0.15, 0.2) is 17.3 Å². The molecule has 2 aliphatic rings. The summed E-state index contributed by atoms with van der Waals surface area (Å²) in [5.41, 5.74) is 2.79. The Morgan fingerprint density at radius 3 is 2.54 bits per heavy atom. The second-order valence-corrected chi connectivity index (χ2v) is 9.11. The van der Waals surface area contributed by atoms with Gasteiger partial charge in [-0.15, -0.1) is 0 Å². The van der Waals surface area contributed by atoms with Crippen LogP contribution in [0.5, 0.6) is 11.5 Å². The van der Waals surface area contributed by atoms with Crippen LogP contribution in [0.25, 0.3) is 0 Å². The van der Waals surface area contributed by atoms with Gasteiger partial charge in [0.1, 0.15) is 5.54 Å². The molecule has 0 radical (unpaired) electrons. The van der Waals surface area contributed by atoms with Crippen molar-refractivity contribution < 1.29 is 23.9 Å². The van der Waals surface area contributed by atoms with Crippen LogP contribution in [0.4, 0.5) is 4.79 Å². The lowest BCUT2D eigenvalue weighted by Crippen LogP contribution is -2.41. The number of rotatable bonds is 7. The minimum atomic E-state index is -1.30. The minimum Gasteiger partial charge on any atom is -0.454 e. The summed E-state index contributed by atoms with van der Waals surface area (Å²) in [6.45, 7) is 6.01. The van der Waals surface area contributed by atoms with Gasteiger partial charge < -0.3 is 19.4 Å². The van der Waals surface area contributed by atoms with Gasteiger partial charge in [-0.05, 0) is 56.5 Å². The fourth-order valence-corrected chi connectivity index (χ4v) is 4.79. The molecule has 2 aliphatic heterocycles. The highest BCUT2D eigenvalue weighted by atomic mass is 16.7. The summed E-state index contributed by atoms with van der Waals surface area (Å²) in [6.07, 6.45) is 0.839. The van der Waals surface area contributed by atoms with Gasteiger partial charge in [0, 0.05) is 23.5 Å². The maximum absolute atomic E-state index is 13.3. The van der Waals surface area contributed by atoms with Crippen LogP contribution in [0.3, 0.4) is 0 Å². The molecule has 0 spiro atoms. The van der Waals surface area contributed by atoms with Crippen molar-refractivity contribution in [1.82, 2.24) is 14.8 Å². The largest absolute Gasteiger partial charge is 0.454 e. The summed E-state index contributed by atoms with van der Waals surface area (Å²) in [5, 5.41) is 2.75. The highest BCUT2D eigenvalue weighted by Crippen LogP contribution is 2.38. The van der Waals surface area contributed by atoms with Crippen LogP contribution in [0.1, 0.15) is 39.8 Å². The van der Waals surface area contributed by atoms with E-state index in [9.17, 15) is 14.4 Å². The van der Waals surface area contributed by atoms with Gasteiger partial charge in [-0.1, -0.05) is 36.4 Å². The Balaban J connectivity index is 1.33. The molecule has 0 aliphatic carbocycles. The Kier molecular flexibility index (Phi) is 5.59. The molecule has 1 saturated heterocycles. The molecule has 0 unspecified atom stereocenters. The monoisotopic (exact) mass is 473 g/mol. The molecule has 3 heterocycles. The number of urea groups is 1. The van der Waals surface area contributed by atoms with Gasteiger partial charge in [0.25, 0.3) is 5.91 Å². The number of hydrogen-bond acceptors (Lipinski definition) is 5. The lowest BCUT2D eigenvalue weighted by Gasteiger charge is -2.22. The molecule has 0 saturated carbocycles. The number of benzene rings is 2. The molecule has 8 heteroatoms. The van der Waals surface area contributed by atoms with E-state index in [1.165, 1.54) is 5.56 Å². The van der Waals surface area contributed by atoms with Crippen molar-refractivity contribution >= 4 is 17.7 Å². The lowest BCUT2D eigenvalue weighted by atomic mass is 9.91. The van der Waals surface area contributed by atoms with Gasteiger partial charge >= 0.3 is 6.03 Å². The standard InChI is InChI=1S/C27H27N3O5/c1-17-13-21(18(2)29(17)12-11-19-7-5-4-6-8-19)22(31)15-30-25(32)27(3,28-26(30)33)20-9-10-23-24(14-20)35-16-34-23/h4-10,13-14H,11-12,15-16H2,1-3H3,(H,28,33)/t27-/m1/s1. The lowest BCUT2D eigenvalue weighted by molar-refractivity contribution is -0.130. The molecule has 1 atom stereocenters. The number of imide groups is 1. The average molecular weight is 474 g/mol. The smallest absolute Gasteiger partial charge is 0.325 e. The zero-order valence-electron chi connectivity index (χ0n) is 20.0. The van der Waals surface area contributed by atoms with E-state index in [0.29, 0.717) is 22.6 Å². The van der Waals surface area contributed by atoms with Crippen molar-refractivity contribution in [3.63, 3.8) is 0 Å². The average Bonchev–Trinajstić information content (AvgIpc) is 3.50. The van der Waals surface area contributed by atoms with E-state index in [0.717, 1.165) is 29.3 Å². The van der Waals surface area contributed by atoms with Crippen LogP contribution in [0.15, 0.2) is 54.6 Å². The number of nitrogens with zero attached hydrogens (tertiary/aromatic N) is 2. The number of amides is 3. The molecule has 1 N–H and O–H groups in total. The van der Waals surface area contributed by atoms with Crippen LogP contribution >= 0.6 is 0 Å². The normalized spacial score (nSPS) is 18.8. The van der Waals surface area contributed by atoms with Crippen LogP contribution < -0.4 is 14.8 Å². The second-order valence-electron chi connectivity index (χ2n) is 9.11. The molecular formula is C27H27N3O5. The van der Waals surface area contributed by atoms with Gasteiger partial charge in [0.05, 0.1) is 6.54 Å². The zero-order valence-corrected chi connectivity index (χ0v) is 20.0. The molecule has 35 heavy (non-hydrogen) atoms. The van der Waals surface area contributed by atoms with E-state index in [2.05, 4.69) is 22.0 Å². The van der Waals surface area contributed by atoms with E-state index >= 15 is 0 Å². The van der Waals surface area contributed by atoms with Crippen molar-refractivity contribution in [1.29, 1.82) is 0 Å². The van der Waals surface area contributed by atoms with E-state index in [4.69, 9.17) is 9.47 Å². The third kappa shape index (κ3) is 3.95. The van der Waals surface area contributed by atoms with Gasteiger partial charge in [-0.3, -0.25) is 14.5 Å². The Morgan fingerprint density at radius 1 is 1.03 bits per heavy atom. The number of aryl methyl sites for hydroxylation is 2. The number of ether oxygens (including phenoxy) is 2. The molecule has 3 aromatic rings. The maximum Gasteiger partial charge on any atom is 0.325 e. The minimum absolute atomic E-state index is 0.111. The maximum atomic E-state index is 13.3. The number of aromatic nitrogens is 1. The number of carbonyl (C=O) groups excluding carboxylic acids is 3. The molecule has 180 valence electrons. The highest BCUT2D eigenvalue weighted by Gasteiger charge is 2.50.